The number of anilines is 2. The Morgan fingerprint density at radius 3 is 2.96 bits per heavy atom. The Kier molecular flexibility index (Phi) is 7.03. The number of rotatable bonds is 9. The summed E-state index contributed by atoms with van der Waals surface area (Å²) >= 11 is 1.44. The number of hydrogen-bond acceptors (Lipinski definition) is 6. The van der Waals surface area contributed by atoms with Crippen molar-refractivity contribution in [2.75, 3.05) is 24.2 Å². The molecule has 0 spiro atoms. The van der Waals surface area contributed by atoms with Crippen LogP contribution in [-0.4, -0.2) is 29.2 Å². The lowest BCUT2D eigenvalue weighted by Gasteiger charge is -2.20. The predicted molar refractivity (Wildman–Crippen MR) is 100 cm³/mol. The smallest absolute Gasteiger partial charge is 0.205 e. The molecule has 5 nitrogen and oxygen atoms in total. The van der Waals surface area contributed by atoms with Crippen LogP contribution in [0.5, 0.6) is 0 Å². The number of benzene rings is 1. The molecule has 0 fully saturated rings. The lowest BCUT2D eigenvalue weighted by molar-refractivity contribution is 0.275. The Morgan fingerprint density at radius 1 is 1.39 bits per heavy atom. The molecule has 0 unspecified atom stereocenters. The van der Waals surface area contributed by atoms with E-state index in [1.807, 2.05) is 12.3 Å². The lowest BCUT2D eigenvalue weighted by Crippen LogP contribution is -2.23. The van der Waals surface area contributed by atoms with Crippen molar-refractivity contribution in [3.8, 4) is 0 Å². The summed E-state index contributed by atoms with van der Waals surface area (Å²) < 4.78 is 0. The van der Waals surface area contributed by atoms with E-state index in [0.717, 1.165) is 25.2 Å². The minimum absolute atomic E-state index is 0.515. The highest BCUT2D eigenvalue weighted by Gasteiger charge is 2.03. The molecule has 2 aromatic rings. The van der Waals surface area contributed by atoms with E-state index in [2.05, 4.69) is 52.5 Å². The van der Waals surface area contributed by atoms with Crippen molar-refractivity contribution in [1.29, 1.82) is 0 Å². The van der Waals surface area contributed by atoms with Crippen molar-refractivity contribution in [3.05, 3.63) is 40.8 Å². The van der Waals surface area contributed by atoms with Gasteiger partial charge in [-0.3, -0.25) is 10.3 Å². The summed E-state index contributed by atoms with van der Waals surface area (Å²) in [6.45, 7) is 7.65. The normalized spacial score (nSPS) is 11.4. The number of aromatic nitrogens is 1. The third-order valence-corrected chi connectivity index (χ3v) is 4.29. The molecule has 0 saturated carbocycles. The van der Waals surface area contributed by atoms with E-state index < -0.39 is 0 Å². The van der Waals surface area contributed by atoms with Gasteiger partial charge < -0.3 is 5.73 Å². The average Bonchev–Trinajstić information content (AvgIpc) is 2.97. The molecule has 0 bridgehead atoms. The van der Waals surface area contributed by atoms with E-state index in [4.69, 9.17) is 5.73 Å². The molecule has 1 aromatic heterocycles. The molecule has 3 N–H and O–H groups in total. The highest BCUT2D eigenvalue weighted by molar-refractivity contribution is 7.14. The van der Waals surface area contributed by atoms with Crippen LogP contribution in [0.15, 0.2) is 34.7 Å². The zero-order valence-electron chi connectivity index (χ0n) is 13.8. The van der Waals surface area contributed by atoms with Crippen LogP contribution < -0.4 is 11.2 Å². The summed E-state index contributed by atoms with van der Waals surface area (Å²) in [4.78, 5) is 6.57. The average molecular weight is 331 g/mol. The van der Waals surface area contributed by atoms with Gasteiger partial charge in [-0.2, -0.15) is 5.10 Å². The van der Waals surface area contributed by atoms with Gasteiger partial charge in [-0.15, -0.1) is 11.3 Å². The first-order valence-electron chi connectivity index (χ1n) is 8.02. The highest BCUT2D eigenvalue weighted by Crippen LogP contribution is 2.16. The maximum atomic E-state index is 5.58. The van der Waals surface area contributed by atoms with Crippen molar-refractivity contribution in [2.24, 2.45) is 5.10 Å². The zero-order chi connectivity index (χ0) is 16.5. The van der Waals surface area contributed by atoms with Gasteiger partial charge >= 0.3 is 0 Å². The number of nitrogens with one attached hydrogen (secondary N) is 1. The third-order valence-electron chi connectivity index (χ3n) is 3.53. The minimum Gasteiger partial charge on any atom is -0.383 e. The van der Waals surface area contributed by atoms with Gasteiger partial charge in [-0.1, -0.05) is 38.5 Å². The fraction of sp³-hybridized carbons (Fsp3) is 0.412. The molecule has 0 aliphatic heterocycles. The molecular formula is C17H25N5S. The van der Waals surface area contributed by atoms with E-state index in [9.17, 15) is 0 Å². The first-order valence-corrected chi connectivity index (χ1v) is 8.90. The van der Waals surface area contributed by atoms with Gasteiger partial charge in [0.2, 0.25) is 5.13 Å². The Bertz CT molecular complexity index is 623. The van der Waals surface area contributed by atoms with E-state index >= 15 is 0 Å². The molecule has 0 atom stereocenters. The quantitative estimate of drug-likeness (QED) is 0.542. The molecule has 0 saturated heterocycles. The zero-order valence-corrected chi connectivity index (χ0v) is 14.6. The Labute approximate surface area is 142 Å². The summed E-state index contributed by atoms with van der Waals surface area (Å²) in [7, 11) is 0. The third kappa shape index (κ3) is 6.00. The SMILES string of the molecule is CCCCN(CC)Cc1cccc(C=NNc2nc(N)cs2)c1. The standard InChI is InChI=1S/C17H25N5S/c1-3-5-9-22(4-2)12-15-8-6-7-14(10-15)11-19-21-17-20-16(18)13-23-17/h6-8,10-11,13H,3-5,9,12,18H2,1-2H3,(H,20,21). The van der Waals surface area contributed by atoms with Crippen molar-refractivity contribution >= 4 is 28.5 Å². The number of nitrogens with zero attached hydrogens (tertiary/aromatic N) is 3. The van der Waals surface area contributed by atoms with Crippen LogP contribution in [0.1, 0.15) is 37.8 Å². The lowest BCUT2D eigenvalue weighted by atomic mass is 10.1. The molecule has 1 heterocycles. The van der Waals surface area contributed by atoms with Crippen LogP contribution in [0.2, 0.25) is 0 Å². The Hall–Kier alpha value is -1.92. The van der Waals surface area contributed by atoms with E-state index in [0.29, 0.717) is 10.9 Å². The number of nitrogen functional groups attached to an aromatic ring is 1. The van der Waals surface area contributed by atoms with E-state index in [1.54, 1.807) is 5.38 Å². The number of thiazole rings is 1. The van der Waals surface area contributed by atoms with Crippen LogP contribution in [0.3, 0.4) is 0 Å². The summed E-state index contributed by atoms with van der Waals surface area (Å²) in [5.74, 6) is 0.515. The Balaban J connectivity index is 1.93. The van der Waals surface area contributed by atoms with Gasteiger partial charge in [0.15, 0.2) is 0 Å². The number of hydrazone groups is 1. The molecular weight excluding hydrogens is 306 g/mol. The van der Waals surface area contributed by atoms with E-state index in [-0.39, 0.29) is 0 Å². The molecule has 2 rings (SSSR count). The number of unbranched alkanes of at least 4 members (excludes halogenated alkanes) is 1. The van der Waals surface area contributed by atoms with E-state index in [1.165, 1.54) is 29.7 Å². The molecule has 23 heavy (non-hydrogen) atoms. The Morgan fingerprint density at radius 2 is 2.26 bits per heavy atom. The molecule has 0 aliphatic rings. The van der Waals surface area contributed by atoms with Crippen molar-refractivity contribution < 1.29 is 0 Å². The fourth-order valence-corrected chi connectivity index (χ4v) is 2.81. The topological polar surface area (TPSA) is 66.5 Å². The monoisotopic (exact) mass is 331 g/mol. The van der Waals surface area contributed by atoms with Crippen LogP contribution in [-0.2, 0) is 6.54 Å². The molecule has 1 aromatic carbocycles. The highest BCUT2D eigenvalue weighted by atomic mass is 32.1. The maximum Gasteiger partial charge on any atom is 0.205 e. The first-order chi connectivity index (χ1) is 11.2. The summed E-state index contributed by atoms with van der Waals surface area (Å²) in [5.41, 5.74) is 10.9. The van der Waals surface area contributed by atoms with Gasteiger partial charge in [0, 0.05) is 11.9 Å². The minimum atomic E-state index is 0.515. The second kappa shape index (κ2) is 9.27. The second-order valence-electron chi connectivity index (χ2n) is 5.41. The fourth-order valence-electron chi connectivity index (χ4n) is 2.26. The molecule has 124 valence electrons. The van der Waals surface area contributed by atoms with Crippen molar-refractivity contribution in [2.45, 2.75) is 33.2 Å². The van der Waals surface area contributed by atoms with Gasteiger partial charge in [0.05, 0.1) is 6.21 Å². The molecule has 0 radical (unpaired) electrons. The number of hydrogen-bond donors (Lipinski definition) is 2. The second-order valence-corrected chi connectivity index (χ2v) is 6.27. The summed E-state index contributed by atoms with van der Waals surface area (Å²) in [6, 6.07) is 8.47. The predicted octanol–water partition coefficient (Wildman–Crippen LogP) is 3.79. The molecule has 6 heteroatoms. The van der Waals surface area contributed by atoms with Crippen LogP contribution in [0.25, 0.3) is 0 Å². The maximum absolute atomic E-state index is 5.58. The molecule has 0 amide bonds. The summed E-state index contributed by atoms with van der Waals surface area (Å²) in [5, 5.41) is 6.71. The van der Waals surface area contributed by atoms with Gasteiger partial charge in [-0.25, -0.2) is 4.98 Å². The summed E-state index contributed by atoms with van der Waals surface area (Å²) in [6.07, 6.45) is 4.29. The van der Waals surface area contributed by atoms with Crippen LogP contribution >= 0.6 is 11.3 Å². The van der Waals surface area contributed by atoms with Gasteiger partial charge in [0.25, 0.3) is 0 Å². The van der Waals surface area contributed by atoms with Crippen LogP contribution in [0.4, 0.5) is 10.9 Å². The first kappa shape index (κ1) is 17.4. The van der Waals surface area contributed by atoms with Gasteiger partial charge in [-0.05, 0) is 36.7 Å². The van der Waals surface area contributed by atoms with Gasteiger partial charge in [0.1, 0.15) is 5.82 Å². The number of nitrogens with two attached hydrogens (primary N) is 1. The van der Waals surface area contributed by atoms with Crippen LogP contribution in [0, 0.1) is 0 Å². The van der Waals surface area contributed by atoms with Crippen molar-refractivity contribution in [3.63, 3.8) is 0 Å². The largest absolute Gasteiger partial charge is 0.383 e. The van der Waals surface area contributed by atoms with Crippen molar-refractivity contribution in [1.82, 2.24) is 9.88 Å². The molecule has 0 aliphatic carbocycles.